The van der Waals surface area contributed by atoms with Gasteiger partial charge >= 0.3 is 0 Å². The van der Waals surface area contributed by atoms with Crippen molar-refractivity contribution in [2.75, 3.05) is 34.3 Å². The van der Waals surface area contributed by atoms with Gasteiger partial charge in [0.25, 0.3) is 0 Å². The fourth-order valence-electron chi connectivity index (χ4n) is 2.82. The number of carbonyl (C=O) groups is 1. The lowest BCUT2D eigenvalue weighted by molar-refractivity contribution is -0.129. The van der Waals surface area contributed by atoms with Crippen molar-refractivity contribution >= 4 is 29.1 Å². The van der Waals surface area contributed by atoms with Gasteiger partial charge in [0.2, 0.25) is 5.91 Å². The van der Waals surface area contributed by atoms with Crippen molar-refractivity contribution in [2.45, 2.75) is 25.0 Å². The van der Waals surface area contributed by atoms with E-state index in [0.717, 1.165) is 13.0 Å². The lowest BCUT2D eigenvalue weighted by Crippen LogP contribution is -2.40. The van der Waals surface area contributed by atoms with E-state index in [4.69, 9.17) is 27.9 Å². The number of likely N-dealkylation sites (N-methyl/N-ethyl adjacent to an activating group) is 2. The van der Waals surface area contributed by atoms with Crippen LogP contribution in [0.4, 0.5) is 0 Å². The highest BCUT2D eigenvalue weighted by molar-refractivity contribution is 6.36. The molecule has 1 aromatic carbocycles. The minimum Gasteiger partial charge on any atom is -0.380 e. The van der Waals surface area contributed by atoms with Crippen LogP contribution in [0.3, 0.4) is 0 Å². The van der Waals surface area contributed by atoms with E-state index >= 15 is 0 Å². The zero-order chi connectivity index (χ0) is 16.3. The van der Waals surface area contributed by atoms with E-state index in [0.29, 0.717) is 28.2 Å². The van der Waals surface area contributed by atoms with Gasteiger partial charge in [0, 0.05) is 43.3 Å². The Morgan fingerprint density at radius 3 is 2.59 bits per heavy atom. The van der Waals surface area contributed by atoms with E-state index in [1.165, 1.54) is 0 Å². The molecule has 2 rings (SSSR count). The molecule has 1 aromatic rings. The number of hydrogen-bond donors (Lipinski definition) is 0. The van der Waals surface area contributed by atoms with E-state index in [1.807, 2.05) is 7.05 Å². The number of rotatable bonds is 5. The number of ether oxygens (including phenoxy) is 1. The van der Waals surface area contributed by atoms with Gasteiger partial charge < -0.3 is 9.64 Å². The van der Waals surface area contributed by atoms with Crippen LogP contribution >= 0.6 is 23.2 Å². The smallest absolute Gasteiger partial charge is 0.226 e. The number of methoxy groups -OCH3 is 1. The van der Waals surface area contributed by atoms with Crippen molar-refractivity contribution in [1.82, 2.24) is 9.80 Å². The molecular formula is C16H22Cl2N2O2. The highest BCUT2D eigenvalue weighted by Crippen LogP contribution is 2.25. The van der Waals surface area contributed by atoms with Crippen LogP contribution in [0.15, 0.2) is 18.2 Å². The zero-order valence-electron chi connectivity index (χ0n) is 13.2. The summed E-state index contributed by atoms with van der Waals surface area (Å²) in [7, 11) is 5.61. The molecular weight excluding hydrogens is 323 g/mol. The molecule has 0 unspecified atom stereocenters. The Morgan fingerprint density at radius 2 is 2.05 bits per heavy atom. The molecule has 2 atom stereocenters. The van der Waals surface area contributed by atoms with Crippen LogP contribution in [0, 0.1) is 0 Å². The third-order valence-corrected chi connectivity index (χ3v) is 4.99. The van der Waals surface area contributed by atoms with Gasteiger partial charge in [-0.05, 0) is 31.2 Å². The molecule has 0 bridgehead atoms. The van der Waals surface area contributed by atoms with E-state index in [-0.39, 0.29) is 18.4 Å². The summed E-state index contributed by atoms with van der Waals surface area (Å²) in [5.74, 6) is 0.0178. The lowest BCUT2D eigenvalue weighted by Gasteiger charge is -2.26. The maximum atomic E-state index is 12.4. The number of carbonyl (C=O) groups excluding carboxylic acids is 1. The summed E-state index contributed by atoms with van der Waals surface area (Å²) >= 11 is 12.3. The average molecular weight is 345 g/mol. The van der Waals surface area contributed by atoms with Gasteiger partial charge in [-0.25, -0.2) is 0 Å². The molecule has 4 nitrogen and oxygen atoms in total. The first-order valence-electron chi connectivity index (χ1n) is 7.32. The van der Waals surface area contributed by atoms with Gasteiger partial charge in [-0.1, -0.05) is 29.3 Å². The Balaban J connectivity index is 1.95. The average Bonchev–Trinajstić information content (AvgIpc) is 2.83. The molecule has 1 aliphatic rings. The third kappa shape index (κ3) is 4.13. The minimum absolute atomic E-state index is 0.0178. The van der Waals surface area contributed by atoms with Crippen molar-refractivity contribution in [2.24, 2.45) is 0 Å². The van der Waals surface area contributed by atoms with Crippen molar-refractivity contribution in [1.29, 1.82) is 0 Å². The number of nitrogens with zero attached hydrogens (tertiary/aromatic N) is 2. The number of benzene rings is 1. The van der Waals surface area contributed by atoms with Crippen LogP contribution in [-0.2, 0) is 16.0 Å². The zero-order valence-corrected chi connectivity index (χ0v) is 14.7. The molecule has 0 spiro atoms. The molecule has 0 N–H and O–H groups in total. The van der Waals surface area contributed by atoms with E-state index in [9.17, 15) is 4.79 Å². The van der Waals surface area contributed by atoms with Crippen LogP contribution in [0.2, 0.25) is 10.0 Å². The summed E-state index contributed by atoms with van der Waals surface area (Å²) in [5.41, 5.74) is 0.692. The maximum absolute atomic E-state index is 12.4. The first-order chi connectivity index (χ1) is 10.4. The van der Waals surface area contributed by atoms with Crippen molar-refractivity contribution in [3.05, 3.63) is 33.8 Å². The molecule has 22 heavy (non-hydrogen) atoms. The fourth-order valence-corrected chi connectivity index (χ4v) is 3.35. The monoisotopic (exact) mass is 344 g/mol. The molecule has 6 heteroatoms. The van der Waals surface area contributed by atoms with Crippen LogP contribution in [0.1, 0.15) is 12.0 Å². The largest absolute Gasteiger partial charge is 0.380 e. The van der Waals surface area contributed by atoms with Gasteiger partial charge in [-0.3, -0.25) is 9.69 Å². The Bertz CT molecular complexity index is 519. The van der Waals surface area contributed by atoms with Gasteiger partial charge in [-0.2, -0.15) is 0 Å². The van der Waals surface area contributed by atoms with Crippen LogP contribution < -0.4 is 0 Å². The van der Waals surface area contributed by atoms with Crippen LogP contribution in [-0.4, -0.2) is 62.1 Å². The summed E-state index contributed by atoms with van der Waals surface area (Å²) < 4.78 is 5.40. The number of hydrogen-bond acceptors (Lipinski definition) is 3. The molecule has 1 heterocycles. The Morgan fingerprint density at radius 1 is 1.41 bits per heavy atom. The van der Waals surface area contributed by atoms with E-state index < -0.39 is 0 Å². The number of likely N-dealkylation sites (tertiary alicyclic amines) is 1. The second-order valence-corrected chi connectivity index (χ2v) is 6.65. The van der Waals surface area contributed by atoms with Gasteiger partial charge in [-0.15, -0.1) is 0 Å². The fraction of sp³-hybridized carbons (Fsp3) is 0.562. The van der Waals surface area contributed by atoms with Crippen LogP contribution in [0.25, 0.3) is 0 Å². The highest BCUT2D eigenvalue weighted by atomic mass is 35.5. The molecule has 1 saturated heterocycles. The summed E-state index contributed by atoms with van der Waals surface area (Å²) in [4.78, 5) is 16.4. The molecule has 1 fully saturated rings. The van der Waals surface area contributed by atoms with Crippen molar-refractivity contribution in [3.8, 4) is 0 Å². The van der Waals surface area contributed by atoms with Gasteiger partial charge in [0.1, 0.15) is 0 Å². The van der Waals surface area contributed by atoms with Crippen molar-refractivity contribution in [3.63, 3.8) is 0 Å². The predicted molar refractivity (Wildman–Crippen MR) is 89.6 cm³/mol. The second-order valence-electron chi connectivity index (χ2n) is 5.84. The van der Waals surface area contributed by atoms with Crippen LogP contribution in [0.5, 0.6) is 0 Å². The van der Waals surface area contributed by atoms with Crippen molar-refractivity contribution < 1.29 is 9.53 Å². The summed E-state index contributed by atoms with van der Waals surface area (Å²) in [5, 5.41) is 1.07. The quantitative estimate of drug-likeness (QED) is 0.823. The minimum atomic E-state index is 0.0178. The first kappa shape index (κ1) is 17.5. The summed E-state index contributed by atoms with van der Waals surface area (Å²) in [6.45, 7) is 1.58. The molecule has 0 radical (unpaired) electrons. The normalized spacial score (nSPS) is 22.0. The third-order valence-electron chi connectivity index (χ3n) is 4.28. The molecule has 122 valence electrons. The second kappa shape index (κ2) is 7.64. The Labute approximate surface area is 141 Å². The molecule has 1 amide bonds. The topological polar surface area (TPSA) is 32.8 Å². The number of halogens is 2. The van der Waals surface area contributed by atoms with E-state index in [2.05, 4.69) is 11.9 Å². The number of amides is 1. The van der Waals surface area contributed by atoms with E-state index in [1.54, 1.807) is 30.2 Å². The SMILES string of the molecule is CO[C@H]1C[C@@H](CN(C)C(=O)Cc2c(Cl)cccc2Cl)N(C)C1. The van der Waals surface area contributed by atoms with Gasteiger partial charge in [0.05, 0.1) is 12.5 Å². The Kier molecular flexibility index (Phi) is 6.09. The predicted octanol–water partition coefficient (Wildman–Crippen LogP) is 2.71. The lowest BCUT2D eigenvalue weighted by atomic mass is 10.1. The summed E-state index contributed by atoms with van der Waals surface area (Å²) in [6.07, 6.45) is 1.41. The molecule has 0 aromatic heterocycles. The maximum Gasteiger partial charge on any atom is 0.226 e. The molecule has 0 saturated carbocycles. The highest BCUT2D eigenvalue weighted by Gasteiger charge is 2.31. The molecule has 1 aliphatic heterocycles. The standard InChI is InChI=1S/C16H22Cl2N2O2/c1-19-10-12(22-3)7-11(19)9-20(2)16(21)8-13-14(17)5-4-6-15(13)18/h4-6,11-12H,7-10H2,1-3H3/t11-,12-/m0/s1. The Hall–Kier alpha value is -0.810. The first-order valence-corrected chi connectivity index (χ1v) is 8.07. The summed E-state index contributed by atoms with van der Waals surface area (Å²) in [6, 6.07) is 5.61. The molecule has 0 aliphatic carbocycles. The van der Waals surface area contributed by atoms with Gasteiger partial charge in [0.15, 0.2) is 0 Å².